The molecule has 0 radical (unpaired) electrons. The first-order valence-corrected chi connectivity index (χ1v) is 8.01. The summed E-state index contributed by atoms with van der Waals surface area (Å²) in [6.07, 6.45) is -0.793. The van der Waals surface area contributed by atoms with E-state index in [0.717, 1.165) is 11.3 Å². The number of ether oxygens (including phenoxy) is 3. The smallest absolute Gasteiger partial charge is 0.260 e. The molecular formula is C19H21NO4. The fourth-order valence-electron chi connectivity index (χ4n) is 2.47. The summed E-state index contributed by atoms with van der Waals surface area (Å²) in [5, 5.41) is 2.85. The SMILES string of the molecule is Cc1cccc(OC(C)C(=O)NCC2COc3ccccc3O2)c1. The molecule has 24 heavy (non-hydrogen) atoms. The van der Waals surface area contributed by atoms with Gasteiger partial charge in [0.2, 0.25) is 0 Å². The second-order valence-electron chi connectivity index (χ2n) is 5.82. The van der Waals surface area contributed by atoms with Gasteiger partial charge in [-0.3, -0.25) is 4.79 Å². The lowest BCUT2D eigenvalue weighted by molar-refractivity contribution is -0.127. The monoisotopic (exact) mass is 327 g/mol. The third-order valence-electron chi connectivity index (χ3n) is 3.74. The van der Waals surface area contributed by atoms with Crippen LogP contribution in [-0.2, 0) is 4.79 Å². The molecule has 0 saturated carbocycles. The van der Waals surface area contributed by atoms with Gasteiger partial charge in [0.1, 0.15) is 18.5 Å². The molecule has 2 unspecified atom stereocenters. The molecule has 5 nitrogen and oxygen atoms in total. The first-order valence-electron chi connectivity index (χ1n) is 8.01. The van der Waals surface area contributed by atoms with Gasteiger partial charge in [-0.05, 0) is 43.7 Å². The summed E-state index contributed by atoms with van der Waals surface area (Å²) in [7, 11) is 0. The maximum atomic E-state index is 12.2. The number of carbonyl (C=O) groups excluding carboxylic acids is 1. The molecule has 3 rings (SSSR count). The van der Waals surface area contributed by atoms with Crippen LogP contribution >= 0.6 is 0 Å². The molecule has 0 spiro atoms. The Labute approximate surface area is 141 Å². The van der Waals surface area contributed by atoms with Gasteiger partial charge in [0, 0.05) is 0 Å². The van der Waals surface area contributed by atoms with Gasteiger partial charge in [0.15, 0.2) is 17.6 Å². The Bertz CT molecular complexity index is 716. The van der Waals surface area contributed by atoms with Gasteiger partial charge in [-0.25, -0.2) is 0 Å². The number of amides is 1. The summed E-state index contributed by atoms with van der Waals surface area (Å²) in [5.74, 6) is 1.94. The van der Waals surface area contributed by atoms with Gasteiger partial charge >= 0.3 is 0 Å². The number of nitrogens with one attached hydrogen (secondary N) is 1. The average Bonchev–Trinajstić information content (AvgIpc) is 2.59. The van der Waals surface area contributed by atoms with E-state index < -0.39 is 6.10 Å². The number of benzene rings is 2. The van der Waals surface area contributed by atoms with Gasteiger partial charge in [-0.1, -0.05) is 24.3 Å². The normalized spacial score (nSPS) is 17.0. The number of aryl methyl sites for hydroxylation is 1. The molecule has 2 atom stereocenters. The van der Waals surface area contributed by atoms with Crippen molar-refractivity contribution in [2.24, 2.45) is 0 Å². The fourth-order valence-corrected chi connectivity index (χ4v) is 2.47. The maximum absolute atomic E-state index is 12.2. The third kappa shape index (κ3) is 3.98. The Balaban J connectivity index is 1.49. The minimum Gasteiger partial charge on any atom is -0.486 e. The molecule has 1 aliphatic heterocycles. The van der Waals surface area contributed by atoms with Gasteiger partial charge in [0.05, 0.1) is 6.54 Å². The topological polar surface area (TPSA) is 56.8 Å². The molecule has 1 N–H and O–H groups in total. The first kappa shape index (κ1) is 16.2. The van der Waals surface area contributed by atoms with Crippen molar-refractivity contribution >= 4 is 5.91 Å². The fraction of sp³-hybridized carbons (Fsp3) is 0.316. The summed E-state index contributed by atoms with van der Waals surface area (Å²) in [6.45, 7) is 4.49. The van der Waals surface area contributed by atoms with Crippen molar-refractivity contribution in [3.05, 3.63) is 54.1 Å². The van der Waals surface area contributed by atoms with E-state index in [1.165, 1.54) is 0 Å². The Morgan fingerprint density at radius 3 is 2.83 bits per heavy atom. The lowest BCUT2D eigenvalue weighted by atomic mass is 10.2. The molecule has 0 saturated heterocycles. The third-order valence-corrected chi connectivity index (χ3v) is 3.74. The van der Waals surface area contributed by atoms with E-state index in [4.69, 9.17) is 14.2 Å². The summed E-state index contributed by atoms with van der Waals surface area (Å²) in [4.78, 5) is 12.2. The molecule has 2 aromatic rings. The summed E-state index contributed by atoms with van der Waals surface area (Å²) in [5.41, 5.74) is 1.09. The van der Waals surface area contributed by atoms with Crippen molar-refractivity contribution in [3.63, 3.8) is 0 Å². The van der Waals surface area contributed by atoms with Gasteiger partial charge in [-0.15, -0.1) is 0 Å². The van der Waals surface area contributed by atoms with Crippen molar-refractivity contribution in [3.8, 4) is 17.2 Å². The lowest BCUT2D eigenvalue weighted by Gasteiger charge is -2.27. The van der Waals surface area contributed by atoms with Crippen molar-refractivity contribution in [2.45, 2.75) is 26.1 Å². The molecule has 1 heterocycles. The number of hydrogen-bond acceptors (Lipinski definition) is 4. The lowest BCUT2D eigenvalue weighted by Crippen LogP contribution is -2.44. The van der Waals surface area contributed by atoms with Crippen molar-refractivity contribution in [2.75, 3.05) is 13.2 Å². The van der Waals surface area contributed by atoms with Crippen LogP contribution in [0.4, 0.5) is 0 Å². The van der Waals surface area contributed by atoms with Crippen LogP contribution < -0.4 is 19.5 Å². The molecule has 2 aromatic carbocycles. The van der Waals surface area contributed by atoms with E-state index in [0.29, 0.717) is 24.7 Å². The van der Waals surface area contributed by atoms with Crippen LogP contribution in [-0.4, -0.2) is 31.3 Å². The molecule has 5 heteroatoms. The first-order chi connectivity index (χ1) is 11.6. The quantitative estimate of drug-likeness (QED) is 0.917. The number of carbonyl (C=O) groups is 1. The molecule has 0 fully saturated rings. The van der Waals surface area contributed by atoms with Gasteiger partial charge < -0.3 is 19.5 Å². The zero-order valence-electron chi connectivity index (χ0n) is 13.8. The van der Waals surface area contributed by atoms with Crippen molar-refractivity contribution < 1.29 is 19.0 Å². The van der Waals surface area contributed by atoms with Gasteiger partial charge in [-0.2, -0.15) is 0 Å². The average molecular weight is 327 g/mol. The van der Waals surface area contributed by atoms with Crippen molar-refractivity contribution in [1.29, 1.82) is 0 Å². The van der Waals surface area contributed by atoms with Crippen LogP contribution in [0.1, 0.15) is 12.5 Å². The predicted molar refractivity (Wildman–Crippen MR) is 90.6 cm³/mol. The largest absolute Gasteiger partial charge is 0.486 e. The molecule has 0 aliphatic carbocycles. The minimum absolute atomic E-state index is 0.182. The van der Waals surface area contributed by atoms with Crippen LogP contribution in [0.2, 0.25) is 0 Å². The maximum Gasteiger partial charge on any atom is 0.260 e. The summed E-state index contributed by atoms with van der Waals surface area (Å²) in [6, 6.07) is 15.1. The van der Waals surface area contributed by atoms with E-state index in [9.17, 15) is 4.79 Å². The summed E-state index contributed by atoms with van der Waals surface area (Å²) < 4.78 is 17.1. The van der Waals surface area contributed by atoms with Gasteiger partial charge in [0.25, 0.3) is 5.91 Å². The standard InChI is InChI=1S/C19H21NO4/c1-13-6-5-7-15(10-13)23-14(2)19(21)20-11-16-12-22-17-8-3-4-9-18(17)24-16/h3-10,14,16H,11-12H2,1-2H3,(H,20,21). The van der Waals surface area contributed by atoms with Crippen LogP contribution in [0.5, 0.6) is 17.2 Å². The molecule has 1 amide bonds. The molecule has 0 bridgehead atoms. The Morgan fingerprint density at radius 1 is 1.25 bits per heavy atom. The second-order valence-corrected chi connectivity index (χ2v) is 5.82. The number of fused-ring (bicyclic) bond motifs is 1. The van der Waals surface area contributed by atoms with Crippen LogP contribution in [0, 0.1) is 6.92 Å². The minimum atomic E-state index is -0.580. The zero-order chi connectivity index (χ0) is 16.9. The number of hydrogen-bond donors (Lipinski definition) is 1. The second kappa shape index (κ2) is 7.25. The molecule has 0 aromatic heterocycles. The Hall–Kier alpha value is -2.69. The van der Waals surface area contributed by atoms with Crippen molar-refractivity contribution in [1.82, 2.24) is 5.32 Å². The Morgan fingerprint density at radius 2 is 2.04 bits per heavy atom. The molecule has 126 valence electrons. The summed E-state index contributed by atoms with van der Waals surface area (Å²) >= 11 is 0. The van der Waals surface area contributed by atoms with E-state index in [-0.39, 0.29) is 12.0 Å². The van der Waals surface area contributed by atoms with E-state index in [1.54, 1.807) is 6.92 Å². The van der Waals surface area contributed by atoms with Crippen LogP contribution in [0.3, 0.4) is 0 Å². The number of rotatable bonds is 5. The highest BCUT2D eigenvalue weighted by Crippen LogP contribution is 2.30. The zero-order valence-corrected chi connectivity index (χ0v) is 13.8. The number of para-hydroxylation sites is 2. The highest BCUT2D eigenvalue weighted by Gasteiger charge is 2.22. The predicted octanol–water partition coefficient (Wildman–Crippen LogP) is 2.72. The van der Waals surface area contributed by atoms with Crippen LogP contribution in [0.15, 0.2) is 48.5 Å². The van der Waals surface area contributed by atoms with E-state index in [2.05, 4.69) is 5.32 Å². The Kier molecular flexibility index (Phi) is 4.89. The highest BCUT2D eigenvalue weighted by atomic mass is 16.6. The van der Waals surface area contributed by atoms with E-state index >= 15 is 0 Å². The molecular weight excluding hydrogens is 306 g/mol. The molecule has 1 aliphatic rings. The highest BCUT2D eigenvalue weighted by molar-refractivity contribution is 5.80. The van der Waals surface area contributed by atoms with Crippen LogP contribution in [0.25, 0.3) is 0 Å². The van der Waals surface area contributed by atoms with E-state index in [1.807, 2.05) is 55.5 Å².